The number of hydrogen-bond acceptors (Lipinski definition) is 4. The maximum absolute atomic E-state index is 13.8. The van der Waals surface area contributed by atoms with Gasteiger partial charge in [-0.2, -0.15) is 0 Å². The molecule has 35 heavy (non-hydrogen) atoms. The van der Waals surface area contributed by atoms with Crippen molar-refractivity contribution in [3.63, 3.8) is 0 Å². The fourth-order valence-electron chi connectivity index (χ4n) is 5.18. The van der Waals surface area contributed by atoms with Gasteiger partial charge in [0.05, 0.1) is 5.69 Å². The largest absolute Gasteiger partial charge is 0.370 e. The van der Waals surface area contributed by atoms with Gasteiger partial charge in [-0.1, -0.05) is 42.5 Å². The maximum Gasteiger partial charge on any atom is 0.255 e. The third kappa shape index (κ3) is 4.97. The molecule has 6 nitrogen and oxygen atoms in total. The van der Waals surface area contributed by atoms with Crippen molar-refractivity contribution in [1.29, 1.82) is 0 Å². The van der Waals surface area contributed by atoms with Crippen molar-refractivity contribution in [3.05, 3.63) is 89.0 Å². The summed E-state index contributed by atoms with van der Waals surface area (Å²) in [6, 6.07) is 20.4. The average Bonchev–Trinajstić information content (AvgIpc) is 3.39. The Morgan fingerprint density at radius 1 is 0.943 bits per heavy atom. The Hall–Kier alpha value is -3.16. The minimum Gasteiger partial charge on any atom is -0.370 e. The van der Waals surface area contributed by atoms with E-state index in [4.69, 9.17) is 0 Å². The van der Waals surface area contributed by atoms with E-state index in [1.165, 1.54) is 5.56 Å². The third-order valence-electron chi connectivity index (χ3n) is 7.01. The molecule has 182 valence electrons. The smallest absolute Gasteiger partial charge is 0.255 e. The third-order valence-corrected chi connectivity index (χ3v) is 8.51. The average molecular weight is 490 g/mol. The van der Waals surface area contributed by atoms with Gasteiger partial charge in [0.15, 0.2) is 0 Å². The highest BCUT2D eigenvalue weighted by molar-refractivity contribution is 7.89. The van der Waals surface area contributed by atoms with Crippen LogP contribution in [0.15, 0.2) is 71.6 Å². The Morgan fingerprint density at radius 2 is 1.69 bits per heavy atom. The number of nitrogens with zero attached hydrogens (tertiary/aromatic N) is 1. The lowest BCUT2D eigenvalue weighted by molar-refractivity contribution is 0.102. The first-order valence-corrected chi connectivity index (χ1v) is 13.8. The molecular weight excluding hydrogens is 458 g/mol. The number of hydrogen-bond donors (Lipinski definition) is 2. The van der Waals surface area contributed by atoms with Crippen LogP contribution in [0.3, 0.4) is 0 Å². The van der Waals surface area contributed by atoms with Crippen molar-refractivity contribution < 1.29 is 13.2 Å². The fourth-order valence-corrected chi connectivity index (χ4v) is 6.68. The molecule has 1 aliphatic carbocycles. The van der Waals surface area contributed by atoms with E-state index < -0.39 is 10.0 Å². The van der Waals surface area contributed by atoms with Gasteiger partial charge in [0.1, 0.15) is 4.90 Å². The Kier molecular flexibility index (Phi) is 6.62. The van der Waals surface area contributed by atoms with Crippen molar-refractivity contribution in [2.24, 2.45) is 0 Å². The number of benzene rings is 3. The number of rotatable bonds is 6. The zero-order valence-electron chi connectivity index (χ0n) is 20.0. The molecule has 3 aromatic rings. The van der Waals surface area contributed by atoms with E-state index in [1.807, 2.05) is 49.4 Å². The van der Waals surface area contributed by atoms with Crippen LogP contribution in [0, 0.1) is 6.92 Å². The zero-order chi connectivity index (χ0) is 24.4. The molecule has 0 aromatic heterocycles. The Balaban J connectivity index is 1.48. The highest BCUT2D eigenvalue weighted by atomic mass is 32.2. The molecule has 5 rings (SSSR count). The van der Waals surface area contributed by atoms with E-state index in [0.29, 0.717) is 16.9 Å². The molecule has 2 N–H and O–H groups in total. The van der Waals surface area contributed by atoms with E-state index in [0.717, 1.165) is 56.3 Å². The van der Waals surface area contributed by atoms with Crippen LogP contribution in [0.5, 0.6) is 0 Å². The molecule has 1 fully saturated rings. The summed E-state index contributed by atoms with van der Waals surface area (Å²) in [5.41, 5.74) is 4.83. The minimum absolute atomic E-state index is 0.213. The van der Waals surface area contributed by atoms with Crippen molar-refractivity contribution in [3.8, 4) is 0 Å². The molecule has 0 bridgehead atoms. The molecule has 1 aliphatic heterocycles. The SMILES string of the molecule is Cc1ccccc1C(=O)Nc1ccc(N2CCCC2)c(S(=O)(=O)NC2CCCc3ccccc32)c1. The van der Waals surface area contributed by atoms with Crippen molar-refractivity contribution in [2.75, 3.05) is 23.3 Å². The summed E-state index contributed by atoms with van der Waals surface area (Å²) >= 11 is 0. The van der Waals surface area contributed by atoms with E-state index >= 15 is 0 Å². The lowest BCUT2D eigenvalue weighted by Gasteiger charge is -2.28. The second-order valence-electron chi connectivity index (χ2n) is 9.41. The van der Waals surface area contributed by atoms with Gasteiger partial charge in [0, 0.05) is 30.4 Å². The van der Waals surface area contributed by atoms with Crippen molar-refractivity contribution >= 4 is 27.3 Å². The van der Waals surface area contributed by atoms with Gasteiger partial charge in [-0.25, -0.2) is 13.1 Å². The van der Waals surface area contributed by atoms with Crippen molar-refractivity contribution in [1.82, 2.24) is 4.72 Å². The van der Waals surface area contributed by atoms with Crippen LogP contribution in [-0.4, -0.2) is 27.4 Å². The minimum atomic E-state index is -3.84. The van der Waals surface area contributed by atoms with Crippen LogP contribution in [0.2, 0.25) is 0 Å². The summed E-state index contributed by atoms with van der Waals surface area (Å²) in [4.78, 5) is 15.2. The number of anilines is 2. The monoisotopic (exact) mass is 489 g/mol. The molecule has 1 amide bonds. The number of amides is 1. The predicted molar refractivity (Wildman–Crippen MR) is 139 cm³/mol. The highest BCUT2D eigenvalue weighted by Crippen LogP contribution is 2.35. The first-order chi connectivity index (χ1) is 16.9. The van der Waals surface area contributed by atoms with Crippen LogP contribution in [0.25, 0.3) is 0 Å². The number of carbonyl (C=O) groups is 1. The topological polar surface area (TPSA) is 78.5 Å². The molecule has 1 atom stereocenters. The van der Waals surface area contributed by atoms with Crippen LogP contribution >= 0.6 is 0 Å². The molecule has 1 heterocycles. The Bertz CT molecular complexity index is 1350. The number of nitrogens with one attached hydrogen (secondary N) is 2. The van der Waals surface area contributed by atoms with Crippen LogP contribution in [-0.2, 0) is 16.4 Å². The van der Waals surface area contributed by atoms with E-state index in [-0.39, 0.29) is 16.8 Å². The Morgan fingerprint density at radius 3 is 2.49 bits per heavy atom. The number of aryl methyl sites for hydroxylation is 2. The molecular formula is C28H31N3O3S. The summed E-state index contributed by atoms with van der Waals surface area (Å²) in [6.45, 7) is 3.53. The van der Waals surface area contributed by atoms with E-state index in [9.17, 15) is 13.2 Å². The summed E-state index contributed by atoms with van der Waals surface area (Å²) in [7, 11) is -3.84. The maximum atomic E-state index is 13.8. The summed E-state index contributed by atoms with van der Waals surface area (Å²) in [5, 5.41) is 2.90. The van der Waals surface area contributed by atoms with E-state index in [1.54, 1.807) is 18.2 Å². The fraction of sp³-hybridized carbons (Fsp3) is 0.321. The second kappa shape index (κ2) is 9.84. The molecule has 2 aliphatic rings. The predicted octanol–water partition coefficient (Wildman–Crippen LogP) is 5.20. The summed E-state index contributed by atoms with van der Waals surface area (Å²) in [6.07, 6.45) is 4.74. The van der Waals surface area contributed by atoms with Gasteiger partial charge in [0.2, 0.25) is 10.0 Å². The number of fused-ring (bicyclic) bond motifs is 1. The van der Waals surface area contributed by atoms with Crippen molar-refractivity contribution in [2.45, 2.75) is 50.0 Å². The summed E-state index contributed by atoms with van der Waals surface area (Å²) in [5.74, 6) is -0.255. The Labute approximate surface area is 207 Å². The van der Waals surface area contributed by atoms with Crippen LogP contribution in [0.4, 0.5) is 11.4 Å². The first kappa shape index (κ1) is 23.6. The van der Waals surface area contributed by atoms with Gasteiger partial charge in [0.25, 0.3) is 5.91 Å². The number of sulfonamides is 1. The van der Waals surface area contributed by atoms with Gasteiger partial charge in [-0.3, -0.25) is 4.79 Å². The molecule has 0 spiro atoms. The summed E-state index contributed by atoms with van der Waals surface area (Å²) < 4.78 is 30.6. The molecule has 0 saturated carbocycles. The molecule has 1 unspecified atom stereocenters. The molecule has 7 heteroatoms. The normalized spacial score (nSPS) is 17.7. The lowest BCUT2D eigenvalue weighted by atomic mass is 9.88. The van der Waals surface area contributed by atoms with Crippen LogP contribution in [0.1, 0.15) is 58.8 Å². The van der Waals surface area contributed by atoms with Gasteiger partial charge in [-0.15, -0.1) is 0 Å². The van der Waals surface area contributed by atoms with Gasteiger partial charge in [-0.05, 0) is 80.0 Å². The zero-order valence-corrected chi connectivity index (χ0v) is 20.8. The molecule has 3 aromatic carbocycles. The van der Waals surface area contributed by atoms with E-state index in [2.05, 4.69) is 21.0 Å². The molecule has 1 saturated heterocycles. The number of carbonyl (C=O) groups excluding carboxylic acids is 1. The van der Waals surface area contributed by atoms with Gasteiger partial charge >= 0.3 is 0 Å². The molecule has 0 radical (unpaired) electrons. The quantitative estimate of drug-likeness (QED) is 0.499. The second-order valence-corrected chi connectivity index (χ2v) is 11.1. The van der Waals surface area contributed by atoms with Gasteiger partial charge < -0.3 is 10.2 Å². The first-order valence-electron chi connectivity index (χ1n) is 12.3. The highest BCUT2D eigenvalue weighted by Gasteiger charge is 2.29. The standard InChI is InChI=1S/C28H31N3O3S/c1-20-9-2-4-12-23(20)28(32)29-22-15-16-26(31-17-6-7-18-31)27(19-22)35(33,34)30-25-14-8-11-21-10-3-5-13-24(21)25/h2-5,9-10,12-13,15-16,19,25,30H,6-8,11,14,17-18H2,1H3,(H,29,32). The lowest BCUT2D eigenvalue weighted by Crippen LogP contribution is -2.32. The van der Waals surface area contributed by atoms with Crippen LogP contribution < -0.4 is 14.9 Å².